The quantitative estimate of drug-likeness (QED) is 0.906. The number of hydrogen-bond acceptors (Lipinski definition) is 2. The molecule has 1 heterocycles. The number of benzene rings is 1. The second-order valence-electron chi connectivity index (χ2n) is 7.73. The Morgan fingerprint density at radius 1 is 1.28 bits per heavy atom. The third-order valence-corrected chi connectivity index (χ3v) is 6.04. The number of nitrogens with one attached hydrogen (secondary N) is 1. The van der Waals surface area contributed by atoms with Crippen LogP contribution < -0.4 is 5.32 Å². The van der Waals surface area contributed by atoms with Crippen LogP contribution in [0.4, 0.5) is 10.1 Å². The molecule has 0 bridgehead atoms. The van der Waals surface area contributed by atoms with Gasteiger partial charge in [0.1, 0.15) is 5.82 Å². The van der Waals surface area contributed by atoms with Crippen LogP contribution in [0.25, 0.3) is 0 Å². The first kappa shape index (κ1) is 17.9. The van der Waals surface area contributed by atoms with E-state index in [4.69, 9.17) is 0 Å². The van der Waals surface area contributed by atoms with Crippen LogP contribution >= 0.6 is 0 Å². The van der Waals surface area contributed by atoms with E-state index in [1.54, 1.807) is 13.0 Å². The molecule has 0 aromatic heterocycles. The Morgan fingerprint density at radius 2 is 2.04 bits per heavy atom. The molecule has 1 aromatic rings. The first-order chi connectivity index (χ1) is 11.9. The topological polar surface area (TPSA) is 49.4 Å². The molecule has 2 amide bonds. The minimum atomic E-state index is -0.332. The van der Waals surface area contributed by atoms with Gasteiger partial charge in [0.15, 0.2) is 0 Å². The van der Waals surface area contributed by atoms with Crippen molar-refractivity contribution in [3.05, 3.63) is 29.6 Å². The molecule has 136 valence electrons. The summed E-state index contributed by atoms with van der Waals surface area (Å²) in [6.07, 6.45) is 3.66. The summed E-state index contributed by atoms with van der Waals surface area (Å²) >= 11 is 0. The standard InChI is InChI=1S/C20H27FN2O2/c1-12-5-4-6-18(14(12)3)23-11-15(10-19(23)24)20(25)22-17-8-7-16(21)9-13(17)2/h7-9,12,14-15,18H,4-6,10-11H2,1-3H3,(H,22,25)/t12-,14-,15-,18-/m0/s1. The molecule has 2 aliphatic rings. The zero-order valence-electron chi connectivity index (χ0n) is 15.2. The van der Waals surface area contributed by atoms with Crippen molar-refractivity contribution in [2.45, 2.75) is 52.5 Å². The number of nitrogens with zero attached hydrogens (tertiary/aromatic N) is 1. The van der Waals surface area contributed by atoms with E-state index < -0.39 is 0 Å². The van der Waals surface area contributed by atoms with Gasteiger partial charge in [0.2, 0.25) is 11.8 Å². The monoisotopic (exact) mass is 346 g/mol. The van der Waals surface area contributed by atoms with Crippen LogP contribution in [0.3, 0.4) is 0 Å². The number of amides is 2. The second kappa shape index (κ2) is 7.14. The highest BCUT2D eigenvalue weighted by Crippen LogP contribution is 2.36. The Morgan fingerprint density at radius 3 is 2.76 bits per heavy atom. The number of anilines is 1. The van der Waals surface area contributed by atoms with Crippen molar-refractivity contribution in [1.29, 1.82) is 0 Å². The molecule has 4 nitrogen and oxygen atoms in total. The molecule has 0 radical (unpaired) electrons. The van der Waals surface area contributed by atoms with Gasteiger partial charge in [-0.25, -0.2) is 4.39 Å². The minimum Gasteiger partial charge on any atom is -0.339 e. The minimum absolute atomic E-state index is 0.0851. The van der Waals surface area contributed by atoms with Crippen molar-refractivity contribution in [3.8, 4) is 0 Å². The van der Waals surface area contributed by atoms with E-state index in [2.05, 4.69) is 19.2 Å². The predicted octanol–water partition coefficient (Wildman–Crippen LogP) is 3.75. The first-order valence-corrected chi connectivity index (χ1v) is 9.23. The van der Waals surface area contributed by atoms with Gasteiger partial charge in [-0.1, -0.05) is 26.7 Å². The van der Waals surface area contributed by atoms with E-state index in [-0.39, 0.29) is 36.0 Å². The Bertz CT molecular complexity index is 676. The number of halogens is 1. The van der Waals surface area contributed by atoms with Gasteiger partial charge in [0.25, 0.3) is 0 Å². The molecule has 1 aromatic carbocycles. The molecule has 1 aliphatic heterocycles. The normalized spacial score (nSPS) is 29.8. The van der Waals surface area contributed by atoms with Gasteiger partial charge in [-0.05, 0) is 48.9 Å². The van der Waals surface area contributed by atoms with Crippen LogP contribution in [0, 0.1) is 30.5 Å². The van der Waals surface area contributed by atoms with Crippen molar-refractivity contribution in [2.24, 2.45) is 17.8 Å². The summed E-state index contributed by atoms with van der Waals surface area (Å²) in [6.45, 7) is 6.72. The lowest BCUT2D eigenvalue weighted by Gasteiger charge is -2.40. The smallest absolute Gasteiger partial charge is 0.229 e. The fraction of sp³-hybridized carbons (Fsp3) is 0.600. The van der Waals surface area contributed by atoms with Gasteiger partial charge in [-0.2, -0.15) is 0 Å². The van der Waals surface area contributed by atoms with Crippen LogP contribution in [0.2, 0.25) is 0 Å². The van der Waals surface area contributed by atoms with Gasteiger partial charge in [0, 0.05) is 24.7 Å². The maximum Gasteiger partial charge on any atom is 0.229 e. The largest absolute Gasteiger partial charge is 0.339 e. The molecule has 5 heteroatoms. The SMILES string of the molecule is Cc1cc(F)ccc1NC(=O)[C@H]1CC(=O)N([C@H]2CCC[C@H](C)[C@@H]2C)C1. The van der Waals surface area contributed by atoms with Gasteiger partial charge < -0.3 is 10.2 Å². The van der Waals surface area contributed by atoms with Gasteiger partial charge in [0.05, 0.1) is 5.92 Å². The lowest BCUT2D eigenvalue weighted by atomic mass is 9.77. The molecular formula is C20H27FN2O2. The zero-order chi connectivity index (χ0) is 18.1. The van der Waals surface area contributed by atoms with Crippen molar-refractivity contribution in [1.82, 2.24) is 4.90 Å². The molecular weight excluding hydrogens is 319 g/mol. The van der Waals surface area contributed by atoms with Crippen molar-refractivity contribution in [2.75, 3.05) is 11.9 Å². The number of rotatable bonds is 3. The molecule has 1 saturated carbocycles. The molecule has 0 unspecified atom stereocenters. The average molecular weight is 346 g/mol. The maximum atomic E-state index is 13.2. The Kier molecular flexibility index (Phi) is 5.11. The summed E-state index contributed by atoms with van der Waals surface area (Å²) in [5.41, 5.74) is 1.29. The predicted molar refractivity (Wildman–Crippen MR) is 95.6 cm³/mol. The van der Waals surface area contributed by atoms with E-state index in [9.17, 15) is 14.0 Å². The zero-order valence-corrected chi connectivity index (χ0v) is 15.2. The first-order valence-electron chi connectivity index (χ1n) is 9.23. The molecule has 1 N–H and O–H groups in total. The summed E-state index contributed by atoms with van der Waals surface area (Å²) < 4.78 is 13.2. The Labute approximate surface area is 148 Å². The summed E-state index contributed by atoms with van der Waals surface area (Å²) in [6, 6.07) is 4.55. The van der Waals surface area contributed by atoms with Crippen LogP contribution in [-0.4, -0.2) is 29.3 Å². The van der Waals surface area contributed by atoms with E-state index in [1.165, 1.54) is 18.6 Å². The number of carbonyl (C=O) groups excluding carboxylic acids is 2. The number of likely N-dealkylation sites (tertiary alicyclic amines) is 1. The highest BCUT2D eigenvalue weighted by molar-refractivity contribution is 5.97. The summed E-state index contributed by atoms with van der Waals surface area (Å²) in [5, 5.41) is 2.86. The van der Waals surface area contributed by atoms with Crippen molar-refractivity contribution < 1.29 is 14.0 Å². The van der Waals surface area contributed by atoms with Crippen LogP contribution in [0.15, 0.2) is 18.2 Å². The maximum absolute atomic E-state index is 13.2. The number of carbonyl (C=O) groups is 2. The van der Waals surface area contributed by atoms with E-state index in [1.807, 2.05) is 4.90 Å². The third kappa shape index (κ3) is 3.70. The molecule has 3 rings (SSSR count). The third-order valence-electron chi connectivity index (χ3n) is 6.04. The summed E-state index contributed by atoms with van der Waals surface area (Å²) in [4.78, 5) is 27.0. The Balaban J connectivity index is 1.66. The van der Waals surface area contributed by atoms with E-state index in [0.717, 1.165) is 12.8 Å². The van der Waals surface area contributed by atoms with Crippen LogP contribution in [-0.2, 0) is 9.59 Å². The fourth-order valence-electron chi connectivity index (χ4n) is 4.22. The van der Waals surface area contributed by atoms with E-state index >= 15 is 0 Å². The average Bonchev–Trinajstić information content (AvgIpc) is 2.94. The molecule has 0 spiro atoms. The fourth-order valence-corrected chi connectivity index (χ4v) is 4.22. The highest BCUT2D eigenvalue weighted by atomic mass is 19.1. The lowest BCUT2D eigenvalue weighted by Crippen LogP contribution is -2.45. The van der Waals surface area contributed by atoms with Crippen molar-refractivity contribution in [3.63, 3.8) is 0 Å². The van der Waals surface area contributed by atoms with Crippen LogP contribution in [0.1, 0.15) is 45.1 Å². The van der Waals surface area contributed by atoms with Gasteiger partial charge >= 0.3 is 0 Å². The highest BCUT2D eigenvalue weighted by Gasteiger charge is 2.41. The molecule has 1 saturated heterocycles. The van der Waals surface area contributed by atoms with Crippen LogP contribution in [0.5, 0.6) is 0 Å². The number of aryl methyl sites for hydroxylation is 1. The van der Waals surface area contributed by atoms with E-state index in [0.29, 0.717) is 29.6 Å². The lowest BCUT2D eigenvalue weighted by molar-refractivity contribution is -0.131. The molecule has 2 fully saturated rings. The van der Waals surface area contributed by atoms with Gasteiger partial charge in [-0.15, -0.1) is 0 Å². The second-order valence-corrected chi connectivity index (χ2v) is 7.73. The molecule has 25 heavy (non-hydrogen) atoms. The molecule has 4 atom stereocenters. The molecule has 1 aliphatic carbocycles. The Hall–Kier alpha value is -1.91. The summed E-state index contributed by atoms with van der Waals surface area (Å²) in [7, 11) is 0. The van der Waals surface area contributed by atoms with Gasteiger partial charge in [-0.3, -0.25) is 9.59 Å². The summed E-state index contributed by atoms with van der Waals surface area (Å²) in [5.74, 6) is 0.364. The van der Waals surface area contributed by atoms with Crippen molar-refractivity contribution >= 4 is 17.5 Å². The number of hydrogen-bond donors (Lipinski definition) is 1.